The average molecular weight is 257 g/mol. The lowest BCUT2D eigenvalue weighted by Gasteiger charge is -2.15. The van der Waals surface area contributed by atoms with Crippen molar-refractivity contribution in [2.45, 2.75) is 13.8 Å². The lowest BCUT2D eigenvalue weighted by atomic mass is 10.2. The van der Waals surface area contributed by atoms with Crippen LogP contribution in [0.25, 0.3) is 0 Å². The third-order valence-corrected chi connectivity index (χ3v) is 3.97. The van der Waals surface area contributed by atoms with Gasteiger partial charge in [0, 0.05) is 18.0 Å². The minimum atomic E-state index is -3.31. The standard InChI is InChI=1S/C11H16NO4P/c1-3-15-17(14,16-4-2)9-11(13)10-5-7-12-8-6-10/h5-8H,3-4,9H2,1-2H3. The highest BCUT2D eigenvalue weighted by atomic mass is 31.2. The zero-order chi connectivity index (χ0) is 12.7. The molecule has 94 valence electrons. The summed E-state index contributed by atoms with van der Waals surface area (Å²) in [6, 6.07) is 3.15. The predicted octanol–water partition coefficient (Wildman–Crippen LogP) is 2.53. The lowest BCUT2D eigenvalue weighted by molar-refractivity contribution is 0.100. The van der Waals surface area contributed by atoms with Crippen LogP contribution >= 0.6 is 7.60 Å². The third-order valence-electron chi connectivity index (χ3n) is 1.99. The molecule has 0 fully saturated rings. The molecule has 6 heteroatoms. The smallest absolute Gasteiger partial charge is 0.309 e. The fraction of sp³-hybridized carbons (Fsp3) is 0.455. The number of hydrogen-bond donors (Lipinski definition) is 0. The molecule has 0 saturated carbocycles. The van der Waals surface area contributed by atoms with Crippen molar-refractivity contribution in [2.24, 2.45) is 0 Å². The first kappa shape index (κ1) is 14.0. The molecule has 0 amide bonds. The number of aromatic nitrogens is 1. The molecule has 0 atom stereocenters. The van der Waals surface area contributed by atoms with Crippen LogP contribution in [-0.4, -0.2) is 30.1 Å². The molecule has 0 bridgehead atoms. The number of carbonyl (C=O) groups excluding carboxylic acids is 1. The number of nitrogens with zero attached hydrogens (tertiary/aromatic N) is 1. The van der Waals surface area contributed by atoms with Crippen LogP contribution in [0.5, 0.6) is 0 Å². The van der Waals surface area contributed by atoms with E-state index in [9.17, 15) is 9.36 Å². The fourth-order valence-corrected chi connectivity index (χ4v) is 2.91. The Morgan fingerprint density at radius 3 is 2.24 bits per heavy atom. The van der Waals surface area contributed by atoms with Crippen LogP contribution in [0.4, 0.5) is 0 Å². The van der Waals surface area contributed by atoms with Crippen LogP contribution in [0.2, 0.25) is 0 Å². The maximum atomic E-state index is 12.1. The van der Waals surface area contributed by atoms with E-state index < -0.39 is 7.60 Å². The Labute approximate surface area is 101 Å². The van der Waals surface area contributed by atoms with Crippen LogP contribution < -0.4 is 0 Å². The molecule has 0 aliphatic heterocycles. The van der Waals surface area contributed by atoms with Crippen LogP contribution in [-0.2, 0) is 13.6 Å². The summed E-state index contributed by atoms with van der Waals surface area (Å²) in [5.41, 5.74) is 0.458. The summed E-state index contributed by atoms with van der Waals surface area (Å²) in [4.78, 5) is 15.7. The quantitative estimate of drug-likeness (QED) is 0.554. The Balaban J connectivity index is 2.74. The van der Waals surface area contributed by atoms with Crippen LogP contribution in [0.3, 0.4) is 0 Å². The second-order valence-electron chi connectivity index (χ2n) is 3.26. The Morgan fingerprint density at radius 2 is 1.76 bits per heavy atom. The molecular formula is C11H16NO4P. The van der Waals surface area contributed by atoms with Gasteiger partial charge in [-0.1, -0.05) is 0 Å². The molecule has 5 nitrogen and oxygen atoms in total. The van der Waals surface area contributed by atoms with Gasteiger partial charge in [0.1, 0.15) is 6.16 Å². The van der Waals surface area contributed by atoms with Crippen LogP contribution in [0.15, 0.2) is 24.5 Å². The van der Waals surface area contributed by atoms with Gasteiger partial charge in [0.05, 0.1) is 13.2 Å². The van der Waals surface area contributed by atoms with Gasteiger partial charge in [-0.25, -0.2) is 0 Å². The highest BCUT2D eigenvalue weighted by molar-refractivity contribution is 7.54. The molecule has 0 aliphatic carbocycles. The van der Waals surface area contributed by atoms with Gasteiger partial charge in [-0.3, -0.25) is 14.3 Å². The highest BCUT2D eigenvalue weighted by Gasteiger charge is 2.27. The van der Waals surface area contributed by atoms with E-state index in [0.29, 0.717) is 5.56 Å². The molecular weight excluding hydrogens is 241 g/mol. The Hall–Kier alpha value is -1.03. The van der Waals surface area contributed by atoms with Gasteiger partial charge in [-0.05, 0) is 26.0 Å². The number of rotatable bonds is 7. The fourth-order valence-electron chi connectivity index (χ4n) is 1.33. The van der Waals surface area contributed by atoms with E-state index in [1.807, 2.05) is 0 Å². The molecule has 0 unspecified atom stereocenters. The summed E-state index contributed by atoms with van der Waals surface area (Å²) in [6.07, 6.45) is 2.79. The predicted molar refractivity (Wildman–Crippen MR) is 64.3 cm³/mol. The summed E-state index contributed by atoms with van der Waals surface area (Å²) in [7, 11) is -3.31. The van der Waals surface area contributed by atoms with Crippen molar-refractivity contribution in [3.8, 4) is 0 Å². The SMILES string of the molecule is CCOP(=O)(CC(=O)c1ccncc1)OCC. The minimum absolute atomic E-state index is 0.237. The van der Waals surface area contributed by atoms with Crippen molar-refractivity contribution in [1.29, 1.82) is 0 Å². The van der Waals surface area contributed by atoms with Crippen molar-refractivity contribution in [2.75, 3.05) is 19.4 Å². The van der Waals surface area contributed by atoms with Crippen molar-refractivity contribution >= 4 is 13.4 Å². The monoisotopic (exact) mass is 257 g/mol. The average Bonchev–Trinajstić information content (AvgIpc) is 2.30. The number of Topliss-reactive ketones (excluding diaryl/α,β-unsaturated/α-hetero) is 1. The Kier molecular flexibility index (Phi) is 5.48. The van der Waals surface area contributed by atoms with Crippen molar-refractivity contribution in [1.82, 2.24) is 4.98 Å². The van der Waals surface area contributed by atoms with Crippen molar-refractivity contribution in [3.05, 3.63) is 30.1 Å². The van der Waals surface area contributed by atoms with Gasteiger partial charge >= 0.3 is 7.60 Å². The van der Waals surface area contributed by atoms with Crippen LogP contribution in [0.1, 0.15) is 24.2 Å². The number of ketones is 1. The first-order chi connectivity index (χ1) is 8.11. The molecule has 0 spiro atoms. The summed E-state index contributed by atoms with van der Waals surface area (Å²) < 4.78 is 22.2. The van der Waals surface area contributed by atoms with E-state index in [4.69, 9.17) is 9.05 Å². The van der Waals surface area contributed by atoms with Gasteiger partial charge in [0.25, 0.3) is 0 Å². The first-order valence-corrected chi connectivity index (χ1v) is 7.15. The number of carbonyl (C=O) groups is 1. The van der Waals surface area contributed by atoms with E-state index in [0.717, 1.165) is 0 Å². The molecule has 1 aromatic rings. The maximum Gasteiger partial charge on any atom is 0.338 e. The van der Waals surface area contributed by atoms with E-state index in [-0.39, 0.29) is 25.2 Å². The topological polar surface area (TPSA) is 65.5 Å². The number of hydrogen-bond acceptors (Lipinski definition) is 5. The van der Waals surface area contributed by atoms with E-state index >= 15 is 0 Å². The molecule has 17 heavy (non-hydrogen) atoms. The van der Waals surface area contributed by atoms with Gasteiger partial charge in [0.2, 0.25) is 0 Å². The molecule has 0 aromatic carbocycles. The third kappa shape index (κ3) is 4.38. The van der Waals surface area contributed by atoms with E-state index in [1.54, 1.807) is 26.0 Å². The first-order valence-electron chi connectivity index (χ1n) is 5.42. The Bertz CT molecular complexity index is 397. The summed E-state index contributed by atoms with van der Waals surface area (Å²) in [6.45, 7) is 3.92. The second-order valence-corrected chi connectivity index (χ2v) is 5.32. The summed E-state index contributed by atoms with van der Waals surface area (Å²) in [5, 5.41) is 0. The van der Waals surface area contributed by atoms with Gasteiger partial charge in [-0.15, -0.1) is 0 Å². The summed E-state index contributed by atoms with van der Waals surface area (Å²) >= 11 is 0. The van der Waals surface area contributed by atoms with E-state index in [1.165, 1.54) is 12.4 Å². The van der Waals surface area contributed by atoms with Gasteiger partial charge in [-0.2, -0.15) is 0 Å². The summed E-state index contributed by atoms with van der Waals surface area (Å²) in [5.74, 6) is -0.266. The lowest BCUT2D eigenvalue weighted by Crippen LogP contribution is -2.10. The molecule has 0 N–H and O–H groups in total. The molecule has 1 aromatic heterocycles. The normalized spacial score (nSPS) is 11.4. The highest BCUT2D eigenvalue weighted by Crippen LogP contribution is 2.48. The van der Waals surface area contributed by atoms with Crippen molar-refractivity contribution < 1.29 is 18.4 Å². The zero-order valence-corrected chi connectivity index (χ0v) is 10.9. The van der Waals surface area contributed by atoms with Crippen molar-refractivity contribution in [3.63, 3.8) is 0 Å². The molecule has 0 radical (unpaired) electrons. The molecule has 0 saturated heterocycles. The van der Waals surface area contributed by atoms with E-state index in [2.05, 4.69) is 4.98 Å². The van der Waals surface area contributed by atoms with Gasteiger partial charge in [0.15, 0.2) is 5.78 Å². The second kappa shape index (κ2) is 6.64. The van der Waals surface area contributed by atoms with Crippen LogP contribution in [0, 0.1) is 0 Å². The zero-order valence-electron chi connectivity index (χ0n) is 9.96. The largest absolute Gasteiger partial charge is 0.338 e. The maximum absolute atomic E-state index is 12.1. The molecule has 0 aliphatic rings. The molecule has 1 rings (SSSR count). The molecule has 1 heterocycles. The number of pyridine rings is 1. The van der Waals surface area contributed by atoms with Gasteiger partial charge < -0.3 is 9.05 Å². The minimum Gasteiger partial charge on any atom is -0.309 e. The Morgan fingerprint density at radius 1 is 1.24 bits per heavy atom.